The highest BCUT2D eigenvalue weighted by molar-refractivity contribution is 6.31. The van der Waals surface area contributed by atoms with Crippen LogP contribution < -0.4 is 4.74 Å². The number of aromatic nitrogens is 3. The fourth-order valence-corrected chi connectivity index (χ4v) is 2.87. The second-order valence-corrected chi connectivity index (χ2v) is 6.47. The molecule has 0 aliphatic carbocycles. The quantitative estimate of drug-likeness (QED) is 0.434. The molecule has 0 amide bonds. The van der Waals surface area contributed by atoms with Gasteiger partial charge in [0.25, 0.3) is 0 Å². The summed E-state index contributed by atoms with van der Waals surface area (Å²) < 4.78 is 7.51. The van der Waals surface area contributed by atoms with Gasteiger partial charge in [-0.25, -0.2) is 0 Å². The van der Waals surface area contributed by atoms with Crippen LogP contribution in [0.1, 0.15) is 11.1 Å². The van der Waals surface area contributed by atoms with Gasteiger partial charge in [-0.15, -0.1) is 10.2 Å². The zero-order valence-electron chi connectivity index (χ0n) is 14.9. The van der Waals surface area contributed by atoms with Crippen molar-refractivity contribution in [3.05, 3.63) is 101 Å². The van der Waals surface area contributed by atoms with E-state index >= 15 is 0 Å². The Balaban J connectivity index is 1.49. The summed E-state index contributed by atoms with van der Waals surface area (Å²) in [6.07, 6.45) is 3.33. The fourth-order valence-electron chi connectivity index (χ4n) is 2.68. The van der Waals surface area contributed by atoms with Gasteiger partial charge in [-0.1, -0.05) is 72.3 Å². The molecule has 0 aliphatic rings. The Morgan fingerprint density at radius 2 is 1.79 bits per heavy atom. The number of benzene rings is 3. The number of rotatable bonds is 6. The van der Waals surface area contributed by atoms with Crippen molar-refractivity contribution in [2.24, 2.45) is 5.10 Å². The van der Waals surface area contributed by atoms with Crippen LogP contribution in [0.3, 0.4) is 0 Å². The largest absolute Gasteiger partial charge is 0.489 e. The van der Waals surface area contributed by atoms with E-state index in [0.29, 0.717) is 17.5 Å². The third-order valence-electron chi connectivity index (χ3n) is 4.10. The maximum atomic E-state index is 6.18. The molecule has 0 saturated heterocycles. The third kappa shape index (κ3) is 4.27. The summed E-state index contributed by atoms with van der Waals surface area (Å²) in [5.41, 5.74) is 2.80. The molecular weight excluding hydrogens is 372 g/mol. The van der Waals surface area contributed by atoms with Crippen LogP contribution in [0.25, 0.3) is 11.4 Å². The molecule has 5 nitrogen and oxygen atoms in total. The number of nitrogens with zero attached hydrogens (tertiary/aromatic N) is 4. The Morgan fingerprint density at radius 1 is 0.964 bits per heavy atom. The van der Waals surface area contributed by atoms with E-state index < -0.39 is 0 Å². The zero-order valence-corrected chi connectivity index (χ0v) is 15.7. The number of hydrogen-bond donors (Lipinski definition) is 0. The molecule has 3 aromatic carbocycles. The van der Waals surface area contributed by atoms with Crippen molar-refractivity contribution in [3.63, 3.8) is 0 Å². The van der Waals surface area contributed by atoms with Gasteiger partial charge < -0.3 is 4.74 Å². The van der Waals surface area contributed by atoms with E-state index in [1.165, 1.54) is 0 Å². The minimum atomic E-state index is 0.407. The lowest BCUT2D eigenvalue weighted by Gasteiger charge is -2.08. The lowest BCUT2D eigenvalue weighted by Crippen LogP contribution is -1.97. The molecule has 0 aliphatic heterocycles. The summed E-state index contributed by atoms with van der Waals surface area (Å²) >= 11 is 6.18. The lowest BCUT2D eigenvalue weighted by atomic mass is 10.2. The van der Waals surface area contributed by atoms with Crippen molar-refractivity contribution < 1.29 is 4.74 Å². The number of ether oxygens (including phenoxy) is 1. The van der Waals surface area contributed by atoms with Crippen LogP contribution in [0, 0.1) is 0 Å². The SMILES string of the molecule is Clc1ccccc1COc1cccc(/C=N\n2cnnc2-c2ccccc2)c1. The lowest BCUT2D eigenvalue weighted by molar-refractivity contribution is 0.306. The first-order chi connectivity index (χ1) is 13.8. The molecule has 0 radical (unpaired) electrons. The Labute approximate surface area is 167 Å². The second-order valence-electron chi connectivity index (χ2n) is 6.06. The van der Waals surface area contributed by atoms with Gasteiger partial charge in [0.15, 0.2) is 5.82 Å². The molecule has 0 fully saturated rings. The molecular formula is C22H17ClN4O. The summed E-state index contributed by atoms with van der Waals surface area (Å²) in [7, 11) is 0. The van der Waals surface area contributed by atoms with E-state index in [-0.39, 0.29) is 0 Å². The second kappa shape index (κ2) is 8.50. The van der Waals surface area contributed by atoms with Gasteiger partial charge in [0.1, 0.15) is 18.7 Å². The van der Waals surface area contributed by atoms with Gasteiger partial charge >= 0.3 is 0 Å². The first kappa shape index (κ1) is 17.9. The first-order valence-corrected chi connectivity index (χ1v) is 9.13. The highest BCUT2D eigenvalue weighted by Crippen LogP contribution is 2.19. The van der Waals surface area contributed by atoms with Gasteiger partial charge in [-0.05, 0) is 23.8 Å². The molecule has 28 heavy (non-hydrogen) atoms. The molecule has 6 heteroatoms. The van der Waals surface area contributed by atoms with E-state index in [1.807, 2.05) is 78.9 Å². The van der Waals surface area contributed by atoms with Crippen LogP contribution in [0.4, 0.5) is 0 Å². The smallest absolute Gasteiger partial charge is 0.184 e. The summed E-state index contributed by atoms with van der Waals surface area (Å²) in [6.45, 7) is 0.407. The van der Waals surface area contributed by atoms with Crippen LogP contribution in [0.5, 0.6) is 5.75 Å². The molecule has 0 N–H and O–H groups in total. The average molecular weight is 389 g/mol. The zero-order chi connectivity index (χ0) is 19.2. The van der Waals surface area contributed by atoms with Crippen molar-refractivity contribution >= 4 is 17.8 Å². The molecule has 0 spiro atoms. The van der Waals surface area contributed by atoms with E-state index in [0.717, 1.165) is 22.4 Å². The Bertz CT molecular complexity index is 1090. The molecule has 0 unspecified atom stereocenters. The van der Waals surface area contributed by atoms with Crippen LogP contribution >= 0.6 is 11.6 Å². The molecule has 1 aromatic heterocycles. The minimum absolute atomic E-state index is 0.407. The van der Waals surface area contributed by atoms with E-state index in [9.17, 15) is 0 Å². The van der Waals surface area contributed by atoms with Gasteiger partial charge in [0, 0.05) is 16.1 Å². The maximum Gasteiger partial charge on any atom is 0.184 e. The van der Waals surface area contributed by atoms with Gasteiger partial charge in [0.05, 0.1) is 6.21 Å². The monoisotopic (exact) mass is 388 g/mol. The molecule has 0 saturated carbocycles. The Morgan fingerprint density at radius 3 is 2.64 bits per heavy atom. The summed E-state index contributed by atoms with van der Waals surface area (Å²) in [4.78, 5) is 0. The van der Waals surface area contributed by atoms with Crippen molar-refractivity contribution in [2.45, 2.75) is 6.61 Å². The number of hydrogen-bond acceptors (Lipinski definition) is 4. The molecule has 0 bridgehead atoms. The molecule has 1 heterocycles. The van der Waals surface area contributed by atoms with E-state index in [1.54, 1.807) is 17.2 Å². The maximum absolute atomic E-state index is 6.18. The molecule has 4 rings (SSSR count). The molecule has 4 aromatic rings. The number of halogens is 1. The summed E-state index contributed by atoms with van der Waals surface area (Å²) in [5.74, 6) is 1.43. The van der Waals surface area contributed by atoms with E-state index in [4.69, 9.17) is 16.3 Å². The van der Waals surface area contributed by atoms with Gasteiger partial charge in [-0.2, -0.15) is 9.78 Å². The Kier molecular flexibility index (Phi) is 5.45. The van der Waals surface area contributed by atoms with Crippen LogP contribution in [0.2, 0.25) is 5.02 Å². The summed E-state index contributed by atoms with van der Waals surface area (Å²) in [6, 6.07) is 25.2. The highest BCUT2D eigenvalue weighted by atomic mass is 35.5. The van der Waals surface area contributed by atoms with Crippen LogP contribution in [-0.2, 0) is 6.61 Å². The predicted octanol–water partition coefficient (Wildman–Crippen LogP) is 5.06. The average Bonchev–Trinajstić information content (AvgIpc) is 3.21. The standard InChI is InChI=1S/C22H17ClN4O/c23-21-12-5-4-10-19(21)15-28-20-11-6-7-17(13-20)14-25-27-16-24-26-22(27)18-8-2-1-3-9-18/h1-14,16H,15H2/b25-14-. The highest BCUT2D eigenvalue weighted by Gasteiger charge is 2.05. The van der Waals surface area contributed by atoms with Gasteiger partial charge in [-0.3, -0.25) is 0 Å². The fraction of sp³-hybridized carbons (Fsp3) is 0.0455. The van der Waals surface area contributed by atoms with Crippen molar-refractivity contribution in [2.75, 3.05) is 0 Å². The van der Waals surface area contributed by atoms with Crippen LogP contribution in [-0.4, -0.2) is 21.1 Å². The van der Waals surface area contributed by atoms with Gasteiger partial charge in [0.2, 0.25) is 0 Å². The third-order valence-corrected chi connectivity index (χ3v) is 4.47. The Hall–Kier alpha value is -3.44. The van der Waals surface area contributed by atoms with Crippen molar-refractivity contribution in [1.29, 1.82) is 0 Å². The van der Waals surface area contributed by atoms with Crippen molar-refractivity contribution in [1.82, 2.24) is 14.9 Å². The summed E-state index contributed by atoms with van der Waals surface area (Å²) in [5, 5.41) is 13.3. The van der Waals surface area contributed by atoms with Crippen molar-refractivity contribution in [3.8, 4) is 17.1 Å². The molecule has 0 atom stereocenters. The first-order valence-electron chi connectivity index (χ1n) is 8.76. The van der Waals surface area contributed by atoms with Crippen LogP contribution in [0.15, 0.2) is 90.3 Å². The van der Waals surface area contributed by atoms with E-state index in [2.05, 4.69) is 15.3 Å². The molecule has 138 valence electrons. The normalized spacial score (nSPS) is 11.0. The topological polar surface area (TPSA) is 52.3 Å². The minimum Gasteiger partial charge on any atom is -0.489 e. The predicted molar refractivity (Wildman–Crippen MR) is 111 cm³/mol.